The van der Waals surface area contributed by atoms with Crippen LogP contribution in [0.2, 0.25) is 0 Å². The summed E-state index contributed by atoms with van der Waals surface area (Å²) in [4.78, 5) is 33.0. The topological polar surface area (TPSA) is 94.9 Å². The Balaban J connectivity index is 1.29. The number of carboxylic acid groups (broad SMARTS) is 1. The van der Waals surface area contributed by atoms with Crippen LogP contribution in [0, 0.1) is 12.3 Å². The number of pyridine rings is 1. The molecule has 3 aliphatic heterocycles. The fourth-order valence-corrected chi connectivity index (χ4v) is 6.26. The van der Waals surface area contributed by atoms with Gasteiger partial charge in [0.1, 0.15) is 5.82 Å². The van der Waals surface area contributed by atoms with Crippen molar-refractivity contribution in [2.24, 2.45) is 5.41 Å². The number of piperidine rings is 1. The summed E-state index contributed by atoms with van der Waals surface area (Å²) in [5.74, 6) is 0.897. The van der Waals surface area contributed by atoms with Crippen molar-refractivity contribution >= 4 is 23.4 Å². The van der Waals surface area contributed by atoms with Crippen molar-refractivity contribution in [1.82, 2.24) is 15.0 Å². The summed E-state index contributed by atoms with van der Waals surface area (Å²) in [5, 5.41) is 9.76. The summed E-state index contributed by atoms with van der Waals surface area (Å²) in [6.07, 6.45) is 6.82. The lowest BCUT2D eigenvalue weighted by atomic mass is 9.82. The number of hydrogen-bond acceptors (Lipinski definition) is 8. The predicted octanol–water partition coefficient (Wildman–Crippen LogP) is 4.50. The van der Waals surface area contributed by atoms with Crippen LogP contribution in [0.3, 0.4) is 0 Å². The number of aryl methyl sites for hydroxylation is 1. The molecule has 9 heteroatoms. The molecular weight excluding hydrogens is 516 g/mol. The van der Waals surface area contributed by atoms with Gasteiger partial charge in [-0.15, -0.1) is 0 Å². The van der Waals surface area contributed by atoms with Crippen LogP contribution in [0.1, 0.15) is 49.1 Å². The van der Waals surface area contributed by atoms with E-state index in [1.54, 1.807) is 0 Å². The first-order valence-corrected chi connectivity index (χ1v) is 14.8. The number of carbonyl (C=O) groups is 1. The minimum Gasteiger partial charge on any atom is -0.481 e. The molecule has 0 spiro atoms. The van der Waals surface area contributed by atoms with Crippen molar-refractivity contribution in [1.29, 1.82) is 0 Å². The van der Waals surface area contributed by atoms with Gasteiger partial charge in [0, 0.05) is 68.5 Å². The summed E-state index contributed by atoms with van der Waals surface area (Å²) in [6.45, 7) is 13.1. The first kappa shape index (κ1) is 27.4. The normalized spacial score (nSPS) is 18.8. The molecule has 1 aromatic carbocycles. The van der Waals surface area contributed by atoms with Crippen LogP contribution in [-0.2, 0) is 28.9 Å². The van der Waals surface area contributed by atoms with Gasteiger partial charge in [0.25, 0.3) is 0 Å². The Morgan fingerprint density at radius 2 is 1.76 bits per heavy atom. The van der Waals surface area contributed by atoms with E-state index in [1.165, 1.54) is 11.1 Å². The summed E-state index contributed by atoms with van der Waals surface area (Å²) in [7, 11) is 0. The Morgan fingerprint density at radius 3 is 2.51 bits per heavy atom. The van der Waals surface area contributed by atoms with Gasteiger partial charge in [-0.25, -0.2) is 4.98 Å². The van der Waals surface area contributed by atoms with Gasteiger partial charge in [0.05, 0.1) is 25.3 Å². The van der Waals surface area contributed by atoms with Crippen molar-refractivity contribution in [2.75, 3.05) is 60.6 Å². The molecule has 0 atom stereocenters. The molecule has 2 saturated heterocycles. The molecule has 1 N–H and O–H groups in total. The number of hydrogen-bond donors (Lipinski definition) is 1. The third-order valence-electron chi connectivity index (χ3n) is 8.90. The number of aromatic nitrogens is 3. The molecule has 3 aliphatic rings. The minimum atomic E-state index is -0.823. The van der Waals surface area contributed by atoms with E-state index in [-0.39, 0.29) is 6.42 Å². The maximum absolute atomic E-state index is 11.9. The fraction of sp³-hybridized carbons (Fsp3) is 0.500. The van der Waals surface area contributed by atoms with Crippen LogP contribution in [-0.4, -0.2) is 72.0 Å². The Labute approximate surface area is 242 Å². The Kier molecular flexibility index (Phi) is 7.55. The Hall–Kier alpha value is -3.72. The number of rotatable bonds is 6. The van der Waals surface area contributed by atoms with Crippen LogP contribution >= 0.6 is 0 Å². The highest BCUT2D eigenvalue weighted by atomic mass is 16.5. The molecule has 41 heavy (non-hydrogen) atoms. The zero-order chi connectivity index (χ0) is 28.6. The summed E-state index contributed by atoms with van der Waals surface area (Å²) < 4.78 is 5.50. The molecule has 2 fully saturated rings. The quantitative estimate of drug-likeness (QED) is 0.471. The maximum Gasteiger partial charge on any atom is 0.307 e. The fourth-order valence-electron chi connectivity index (χ4n) is 6.26. The standard InChI is InChI=1S/C32H40N6O3/c1-22-26(19-29(39)40)30(37-12-8-32(2,3)9-13-37)27(20-34-22)24-4-5-25-21-38(11-7-23(25)18-24)31-33-10-6-28(35-31)36-14-16-41-17-15-36/h4-6,10,18,20H,7-9,11-17,19,21H2,1-3H3,(H,39,40). The smallest absolute Gasteiger partial charge is 0.307 e. The average Bonchev–Trinajstić information content (AvgIpc) is 2.98. The largest absolute Gasteiger partial charge is 0.481 e. The molecule has 3 aromatic rings. The minimum absolute atomic E-state index is 0.0225. The van der Waals surface area contributed by atoms with Crippen LogP contribution in [0.25, 0.3) is 11.1 Å². The van der Waals surface area contributed by atoms with E-state index in [1.807, 2.05) is 25.4 Å². The number of morpholine rings is 1. The van der Waals surface area contributed by atoms with Gasteiger partial charge in [-0.1, -0.05) is 32.0 Å². The van der Waals surface area contributed by atoms with Crippen molar-refractivity contribution in [3.63, 3.8) is 0 Å². The number of nitrogens with zero attached hydrogens (tertiary/aromatic N) is 6. The van der Waals surface area contributed by atoms with Crippen molar-refractivity contribution < 1.29 is 14.6 Å². The summed E-state index contributed by atoms with van der Waals surface area (Å²) in [5.41, 5.74) is 7.68. The first-order valence-electron chi connectivity index (χ1n) is 14.8. The average molecular weight is 557 g/mol. The number of carboxylic acids is 1. The highest BCUT2D eigenvalue weighted by molar-refractivity contribution is 5.85. The molecule has 5 heterocycles. The summed E-state index contributed by atoms with van der Waals surface area (Å²) in [6, 6.07) is 8.64. The number of aliphatic carboxylic acids is 1. The van der Waals surface area contributed by atoms with Gasteiger partial charge >= 0.3 is 5.97 Å². The third kappa shape index (κ3) is 5.86. The molecule has 216 valence electrons. The van der Waals surface area contributed by atoms with Crippen LogP contribution in [0.15, 0.2) is 36.7 Å². The highest BCUT2D eigenvalue weighted by Gasteiger charge is 2.30. The predicted molar refractivity (Wildman–Crippen MR) is 161 cm³/mol. The lowest BCUT2D eigenvalue weighted by Crippen LogP contribution is -2.38. The van der Waals surface area contributed by atoms with E-state index in [2.05, 4.69) is 56.7 Å². The molecule has 9 nitrogen and oxygen atoms in total. The van der Waals surface area contributed by atoms with Gasteiger partial charge in [-0.2, -0.15) is 4.98 Å². The second-order valence-corrected chi connectivity index (χ2v) is 12.3. The number of ether oxygens (including phenoxy) is 1. The van der Waals surface area contributed by atoms with E-state index in [0.29, 0.717) is 5.41 Å². The molecule has 0 saturated carbocycles. The van der Waals surface area contributed by atoms with E-state index < -0.39 is 5.97 Å². The van der Waals surface area contributed by atoms with Crippen LogP contribution in [0.5, 0.6) is 0 Å². The first-order chi connectivity index (χ1) is 19.8. The SMILES string of the molecule is Cc1ncc(-c2ccc3c(c2)CCN(c2nccc(N4CCOCC4)n2)C3)c(N2CCC(C)(C)CC2)c1CC(=O)O. The maximum atomic E-state index is 11.9. The molecule has 0 amide bonds. The lowest BCUT2D eigenvalue weighted by molar-refractivity contribution is -0.136. The van der Waals surface area contributed by atoms with Gasteiger partial charge in [0.2, 0.25) is 5.95 Å². The number of anilines is 3. The van der Waals surface area contributed by atoms with Crippen molar-refractivity contribution in [3.05, 3.63) is 59.0 Å². The molecule has 0 bridgehead atoms. The second-order valence-electron chi connectivity index (χ2n) is 12.3. The highest BCUT2D eigenvalue weighted by Crippen LogP contribution is 2.40. The molecule has 0 radical (unpaired) electrons. The van der Waals surface area contributed by atoms with E-state index in [0.717, 1.165) is 112 Å². The zero-order valence-corrected chi connectivity index (χ0v) is 24.4. The lowest BCUT2D eigenvalue weighted by Gasteiger charge is -2.40. The van der Waals surface area contributed by atoms with Gasteiger partial charge < -0.3 is 24.5 Å². The van der Waals surface area contributed by atoms with E-state index in [9.17, 15) is 9.90 Å². The third-order valence-corrected chi connectivity index (χ3v) is 8.90. The second kappa shape index (κ2) is 11.3. The van der Waals surface area contributed by atoms with E-state index >= 15 is 0 Å². The molecule has 0 aliphatic carbocycles. The van der Waals surface area contributed by atoms with E-state index in [4.69, 9.17) is 9.72 Å². The van der Waals surface area contributed by atoms with Gasteiger partial charge in [-0.3, -0.25) is 9.78 Å². The van der Waals surface area contributed by atoms with Crippen LogP contribution in [0.4, 0.5) is 17.5 Å². The molecular formula is C32H40N6O3. The number of benzene rings is 1. The monoisotopic (exact) mass is 556 g/mol. The van der Waals surface area contributed by atoms with Gasteiger partial charge in [-0.05, 0) is 54.4 Å². The molecule has 6 rings (SSSR count). The van der Waals surface area contributed by atoms with Gasteiger partial charge in [0.15, 0.2) is 0 Å². The molecule has 2 aromatic heterocycles. The number of fused-ring (bicyclic) bond motifs is 1. The van der Waals surface area contributed by atoms with Crippen LogP contribution < -0.4 is 14.7 Å². The summed E-state index contributed by atoms with van der Waals surface area (Å²) >= 11 is 0. The van der Waals surface area contributed by atoms with Crippen molar-refractivity contribution in [3.8, 4) is 11.1 Å². The Bertz CT molecular complexity index is 1420. The molecule has 0 unspecified atom stereocenters. The Morgan fingerprint density at radius 1 is 0.976 bits per heavy atom. The zero-order valence-electron chi connectivity index (χ0n) is 24.4. The van der Waals surface area contributed by atoms with Crippen molar-refractivity contribution in [2.45, 2.75) is 53.0 Å².